The average molecular weight is 273 g/mol. The lowest BCUT2D eigenvalue weighted by molar-refractivity contribution is -0.119. The van der Waals surface area contributed by atoms with Crippen molar-refractivity contribution in [2.75, 3.05) is 7.05 Å². The number of halogens is 1. The van der Waals surface area contributed by atoms with E-state index in [-0.39, 0.29) is 5.91 Å². The number of amides is 3. The Bertz CT molecular complexity index is 426. The predicted molar refractivity (Wildman–Crippen MR) is 69.4 cm³/mol. The molecule has 17 heavy (non-hydrogen) atoms. The van der Waals surface area contributed by atoms with Crippen LogP contribution in [-0.2, 0) is 4.79 Å². The molecule has 92 valence electrons. The van der Waals surface area contributed by atoms with E-state index in [1.54, 1.807) is 13.0 Å². The van der Waals surface area contributed by atoms with Gasteiger partial charge in [0.1, 0.15) is 0 Å². The van der Waals surface area contributed by atoms with Gasteiger partial charge in [-0.2, -0.15) is 0 Å². The van der Waals surface area contributed by atoms with Gasteiger partial charge in [0, 0.05) is 11.9 Å². The van der Waals surface area contributed by atoms with E-state index in [1.807, 2.05) is 18.2 Å². The Kier molecular flexibility index (Phi) is 5.31. The monoisotopic (exact) mass is 272 g/mol. The molecule has 0 saturated carbocycles. The molecule has 2 N–H and O–H groups in total. The van der Waals surface area contributed by atoms with Gasteiger partial charge in [-0.05, 0) is 19.1 Å². The van der Waals surface area contributed by atoms with Gasteiger partial charge in [-0.3, -0.25) is 10.1 Å². The first-order chi connectivity index (χ1) is 8.04. The minimum Gasteiger partial charge on any atom is -0.341 e. The van der Waals surface area contributed by atoms with Crippen molar-refractivity contribution in [2.24, 2.45) is 0 Å². The van der Waals surface area contributed by atoms with Crippen molar-refractivity contribution in [3.05, 3.63) is 29.3 Å². The molecule has 6 heteroatoms. The molecule has 4 nitrogen and oxygen atoms in total. The standard InChI is InChI=1S/C11H13ClN2O2S/c1-7(10(15)14-11(16)13-2)17-9-6-4-3-5-8(9)12/h3-7H,1-2H3,(H2,13,14,15,16)/t7-/m0/s1. The average Bonchev–Trinajstić information content (AvgIpc) is 2.31. The molecule has 0 aromatic heterocycles. The van der Waals surface area contributed by atoms with Gasteiger partial charge in [-0.1, -0.05) is 23.7 Å². The number of rotatable bonds is 3. The first-order valence-corrected chi connectivity index (χ1v) is 6.24. The summed E-state index contributed by atoms with van der Waals surface area (Å²) in [6, 6.07) is 6.74. The zero-order chi connectivity index (χ0) is 12.8. The molecule has 1 aromatic carbocycles. The summed E-state index contributed by atoms with van der Waals surface area (Å²) in [5.41, 5.74) is 0. The number of carbonyl (C=O) groups excluding carboxylic acids is 2. The third-order valence-corrected chi connectivity index (χ3v) is 3.59. The number of urea groups is 1. The van der Waals surface area contributed by atoms with Crippen molar-refractivity contribution in [3.8, 4) is 0 Å². The van der Waals surface area contributed by atoms with Crippen LogP contribution in [0.2, 0.25) is 5.02 Å². The van der Waals surface area contributed by atoms with Crippen molar-refractivity contribution in [1.29, 1.82) is 0 Å². The molecule has 3 amide bonds. The van der Waals surface area contributed by atoms with Crippen LogP contribution in [0, 0.1) is 0 Å². The summed E-state index contributed by atoms with van der Waals surface area (Å²) >= 11 is 7.28. The minimum absolute atomic E-state index is 0.353. The van der Waals surface area contributed by atoms with Gasteiger partial charge in [-0.25, -0.2) is 4.79 Å². The molecule has 0 bridgehead atoms. The Hall–Kier alpha value is -1.20. The number of imide groups is 1. The summed E-state index contributed by atoms with van der Waals surface area (Å²) in [6.07, 6.45) is 0. The molecule has 0 aliphatic heterocycles. The molecule has 1 atom stereocenters. The van der Waals surface area contributed by atoms with E-state index in [2.05, 4.69) is 10.6 Å². The van der Waals surface area contributed by atoms with Crippen LogP contribution in [0.15, 0.2) is 29.2 Å². The molecule has 0 radical (unpaired) electrons. The highest BCUT2D eigenvalue weighted by Gasteiger charge is 2.17. The maximum atomic E-state index is 11.6. The number of thioether (sulfide) groups is 1. The maximum Gasteiger partial charge on any atom is 0.321 e. The normalized spacial score (nSPS) is 11.7. The fraction of sp³-hybridized carbons (Fsp3) is 0.273. The van der Waals surface area contributed by atoms with E-state index in [1.165, 1.54) is 18.8 Å². The van der Waals surface area contributed by atoms with E-state index in [0.717, 1.165) is 4.90 Å². The topological polar surface area (TPSA) is 58.2 Å². The Balaban J connectivity index is 2.60. The number of hydrogen-bond acceptors (Lipinski definition) is 3. The largest absolute Gasteiger partial charge is 0.341 e. The van der Waals surface area contributed by atoms with Crippen LogP contribution >= 0.6 is 23.4 Å². The Morgan fingerprint density at radius 3 is 2.59 bits per heavy atom. The number of hydrogen-bond donors (Lipinski definition) is 2. The van der Waals surface area contributed by atoms with E-state index in [0.29, 0.717) is 5.02 Å². The minimum atomic E-state index is -0.512. The van der Waals surface area contributed by atoms with E-state index in [9.17, 15) is 9.59 Å². The Labute approximate surface area is 109 Å². The van der Waals surface area contributed by atoms with Crippen molar-refractivity contribution in [2.45, 2.75) is 17.1 Å². The second kappa shape index (κ2) is 6.51. The predicted octanol–water partition coefficient (Wildman–Crippen LogP) is 2.28. The van der Waals surface area contributed by atoms with Crippen LogP contribution in [0.5, 0.6) is 0 Å². The molecule has 0 saturated heterocycles. The van der Waals surface area contributed by atoms with Crippen LogP contribution < -0.4 is 10.6 Å². The first kappa shape index (κ1) is 13.9. The fourth-order valence-corrected chi connectivity index (χ4v) is 2.21. The first-order valence-electron chi connectivity index (χ1n) is 4.98. The molecular formula is C11H13ClN2O2S. The van der Waals surface area contributed by atoms with E-state index >= 15 is 0 Å². The maximum absolute atomic E-state index is 11.6. The van der Waals surface area contributed by atoms with E-state index in [4.69, 9.17) is 11.6 Å². The summed E-state index contributed by atoms with van der Waals surface area (Å²) in [7, 11) is 1.45. The molecule has 1 aromatic rings. The molecule has 0 unspecified atom stereocenters. The van der Waals surface area contributed by atoms with Crippen molar-refractivity contribution in [3.63, 3.8) is 0 Å². The molecule has 0 aliphatic carbocycles. The summed E-state index contributed by atoms with van der Waals surface area (Å²) in [4.78, 5) is 23.4. The smallest absolute Gasteiger partial charge is 0.321 e. The third-order valence-electron chi connectivity index (χ3n) is 1.97. The fourth-order valence-electron chi connectivity index (χ4n) is 1.06. The van der Waals surface area contributed by atoms with Crippen LogP contribution in [-0.4, -0.2) is 24.2 Å². The van der Waals surface area contributed by atoms with Crippen LogP contribution in [0.1, 0.15) is 6.92 Å². The number of carbonyl (C=O) groups is 2. The van der Waals surface area contributed by atoms with Gasteiger partial charge < -0.3 is 5.32 Å². The number of nitrogens with one attached hydrogen (secondary N) is 2. The lowest BCUT2D eigenvalue weighted by atomic mass is 10.4. The zero-order valence-corrected chi connectivity index (χ0v) is 11.1. The van der Waals surface area contributed by atoms with Gasteiger partial charge in [0.15, 0.2) is 0 Å². The van der Waals surface area contributed by atoms with Crippen molar-refractivity contribution >= 4 is 35.3 Å². The summed E-state index contributed by atoms with van der Waals surface area (Å²) in [6.45, 7) is 1.71. The lowest BCUT2D eigenvalue weighted by Crippen LogP contribution is -2.41. The molecular weight excluding hydrogens is 260 g/mol. The van der Waals surface area contributed by atoms with Crippen LogP contribution in [0.3, 0.4) is 0 Å². The van der Waals surface area contributed by atoms with Gasteiger partial charge in [0.2, 0.25) is 5.91 Å². The molecule has 1 rings (SSSR count). The third kappa shape index (κ3) is 4.28. The van der Waals surface area contributed by atoms with E-state index < -0.39 is 11.3 Å². The highest BCUT2D eigenvalue weighted by molar-refractivity contribution is 8.00. The molecule has 0 spiro atoms. The number of benzene rings is 1. The second-order valence-electron chi connectivity index (χ2n) is 3.26. The quantitative estimate of drug-likeness (QED) is 0.830. The Morgan fingerprint density at radius 1 is 1.35 bits per heavy atom. The van der Waals surface area contributed by atoms with Gasteiger partial charge in [0.25, 0.3) is 0 Å². The van der Waals surface area contributed by atoms with Crippen LogP contribution in [0.4, 0.5) is 4.79 Å². The van der Waals surface area contributed by atoms with Gasteiger partial charge in [0.05, 0.1) is 10.3 Å². The van der Waals surface area contributed by atoms with Gasteiger partial charge >= 0.3 is 6.03 Å². The highest BCUT2D eigenvalue weighted by atomic mass is 35.5. The van der Waals surface area contributed by atoms with Gasteiger partial charge in [-0.15, -0.1) is 11.8 Å². The highest BCUT2D eigenvalue weighted by Crippen LogP contribution is 2.29. The Morgan fingerprint density at radius 2 is 2.00 bits per heavy atom. The zero-order valence-electron chi connectivity index (χ0n) is 9.49. The van der Waals surface area contributed by atoms with Crippen LogP contribution in [0.25, 0.3) is 0 Å². The summed E-state index contributed by atoms with van der Waals surface area (Å²) < 4.78 is 0. The second-order valence-corrected chi connectivity index (χ2v) is 5.05. The lowest BCUT2D eigenvalue weighted by Gasteiger charge is -2.11. The SMILES string of the molecule is CNC(=O)NC(=O)[C@H](C)Sc1ccccc1Cl. The van der Waals surface area contributed by atoms with Crippen molar-refractivity contribution < 1.29 is 9.59 Å². The molecule has 0 aliphatic rings. The summed E-state index contributed by atoms with van der Waals surface area (Å²) in [5.74, 6) is -0.353. The molecule has 0 heterocycles. The van der Waals surface area contributed by atoms with Crippen molar-refractivity contribution in [1.82, 2.24) is 10.6 Å². The summed E-state index contributed by atoms with van der Waals surface area (Å²) in [5, 5.41) is 4.73. The molecule has 0 fully saturated rings.